The van der Waals surface area contributed by atoms with Gasteiger partial charge in [-0.1, -0.05) is 6.92 Å². The molecule has 76 valence electrons. The van der Waals surface area contributed by atoms with Gasteiger partial charge >= 0.3 is 0 Å². The highest BCUT2D eigenvalue weighted by molar-refractivity contribution is 5.92. The predicted molar refractivity (Wildman–Crippen MR) is 53.1 cm³/mol. The Morgan fingerprint density at radius 1 is 1.79 bits per heavy atom. The molecular weight excluding hydrogens is 180 g/mol. The molecule has 0 bridgehead atoms. The molecule has 0 saturated heterocycles. The van der Waals surface area contributed by atoms with E-state index in [0.717, 1.165) is 5.82 Å². The maximum Gasteiger partial charge on any atom is 0.176 e. The molecule has 0 aliphatic rings. The summed E-state index contributed by atoms with van der Waals surface area (Å²) in [5.74, 6) is 5.95. The van der Waals surface area contributed by atoms with Crippen LogP contribution in [0.4, 0.5) is 0 Å². The number of aromatic amines is 1. The second-order valence-corrected chi connectivity index (χ2v) is 3.04. The lowest BCUT2D eigenvalue weighted by atomic mass is 10.1. The van der Waals surface area contributed by atoms with Crippen molar-refractivity contribution in [2.45, 2.75) is 19.8 Å². The number of hydrazine groups is 1. The van der Waals surface area contributed by atoms with Crippen molar-refractivity contribution >= 4 is 5.78 Å². The standard InChI is InChI=1S/C9H14N4O/c1-6(9-11-3-4-12-9)5-8(13-10)7(2)14/h3-6,13H,10H2,1-2H3,(H,11,12)/b8-5-. The molecule has 1 aromatic rings. The summed E-state index contributed by atoms with van der Waals surface area (Å²) in [5.41, 5.74) is 2.76. The SMILES string of the molecule is CC(=O)/C(=C/C(C)c1ncc[nH]1)NN. The lowest BCUT2D eigenvalue weighted by Crippen LogP contribution is -2.26. The van der Waals surface area contributed by atoms with E-state index in [1.165, 1.54) is 6.92 Å². The van der Waals surface area contributed by atoms with Crippen LogP contribution in [0.15, 0.2) is 24.2 Å². The van der Waals surface area contributed by atoms with Gasteiger partial charge in [-0.05, 0) is 6.08 Å². The molecule has 1 unspecified atom stereocenters. The van der Waals surface area contributed by atoms with Crippen molar-refractivity contribution < 1.29 is 4.79 Å². The van der Waals surface area contributed by atoms with Crippen LogP contribution in [0, 0.1) is 0 Å². The summed E-state index contributed by atoms with van der Waals surface area (Å²) in [6, 6.07) is 0. The van der Waals surface area contributed by atoms with E-state index < -0.39 is 0 Å². The van der Waals surface area contributed by atoms with Crippen molar-refractivity contribution in [3.8, 4) is 0 Å². The first kappa shape index (κ1) is 10.5. The summed E-state index contributed by atoms with van der Waals surface area (Å²) in [7, 11) is 0. The van der Waals surface area contributed by atoms with Gasteiger partial charge in [0.1, 0.15) is 5.82 Å². The molecule has 0 aliphatic heterocycles. The van der Waals surface area contributed by atoms with Crippen LogP contribution in [0.25, 0.3) is 0 Å². The zero-order valence-electron chi connectivity index (χ0n) is 8.24. The van der Waals surface area contributed by atoms with E-state index in [-0.39, 0.29) is 11.7 Å². The first-order valence-corrected chi connectivity index (χ1v) is 4.33. The zero-order chi connectivity index (χ0) is 10.6. The molecule has 0 aromatic carbocycles. The van der Waals surface area contributed by atoms with Crippen LogP contribution in [-0.4, -0.2) is 15.8 Å². The number of nitrogens with two attached hydrogens (primary N) is 1. The number of nitrogens with one attached hydrogen (secondary N) is 2. The maximum absolute atomic E-state index is 11.0. The number of hydrogen-bond donors (Lipinski definition) is 3. The van der Waals surface area contributed by atoms with Crippen molar-refractivity contribution in [1.82, 2.24) is 15.4 Å². The van der Waals surface area contributed by atoms with Gasteiger partial charge in [-0.2, -0.15) is 0 Å². The molecule has 0 fully saturated rings. The van der Waals surface area contributed by atoms with Gasteiger partial charge in [0.2, 0.25) is 0 Å². The summed E-state index contributed by atoms with van der Waals surface area (Å²) in [6.07, 6.45) is 5.15. The molecule has 1 heterocycles. The van der Waals surface area contributed by atoms with Crippen molar-refractivity contribution in [2.24, 2.45) is 5.84 Å². The summed E-state index contributed by atoms with van der Waals surface area (Å²) >= 11 is 0. The number of aromatic nitrogens is 2. The number of Topliss-reactive ketones (excluding diaryl/α,β-unsaturated/α-hetero) is 1. The van der Waals surface area contributed by atoms with Gasteiger partial charge in [-0.15, -0.1) is 0 Å². The largest absolute Gasteiger partial charge is 0.348 e. The number of carbonyl (C=O) groups excluding carboxylic acids is 1. The minimum Gasteiger partial charge on any atom is -0.348 e. The van der Waals surface area contributed by atoms with Gasteiger partial charge < -0.3 is 10.4 Å². The van der Waals surface area contributed by atoms with Gasteiger partial charge in [0.25, 0.3) is 0 Å². The Morgan fingerprint density at radius 3 is 2.93 bits per heavy atom. The van der Waals surface area contributed by atoms with Gasteiger partial charge in [-0.3, -0.25) is 10.6 Å². The fourth-order valence-electron chi connectivity index (χ4n) is 1.12. The van der Waals surface area contributed by atoms with Crippen molar-refractivity contribution in [2.75, 3.05) is 0 Å². The Kier molecular flexibility index (Phi) is 3.41. The molecule has 5 heteroatoms. The Labute approximate surface area is 82.4 Å². The van der Waals surface area contributed by atoms with Crippen LogP contribution >= 0.6 is 0 Å². The highest BCUT2D eigenvalue weighted by Gasteiger charge is 2.08. The molecule has 0 saturated carbocycles. The maximum atomic E-state index is 11.0. The molecule has 4 N–H and O–H groups in total. The lowest BCUT2D eigenvalue weighted by Gasteiger charge is -2.06. The van der Waals surface area contributed by atoms with Gasteiger partial charge in [0, 0.05) is 25.2 Å². The van der Waals surface area contributed by atoms with E-state index in [0.29, 0.717) is 5.70 Å². The van der Waals surface area contributed by atoms with Crippen LogP contribution < -0.4 is 11.3 Å². The minimum absolute atomic E-state index is 0.0277. The van der Waals surface area contributed by atoms with E-state index in [9.17, 15) is 4.79 Å². The second kappa shape index (κ2) is 4.57. The van der Waals surface area contributed by atoms with E-state index in [1.54, 1.807) is 18.5 Å². The van der Waals surface area contributed by atoms with E-state index in [4.69, 9.17) is 5.84 Å². The number of imidazole rings is 1. The Balaban J connectivity index is 2.80. The van der Waals surface area contributed by atoms with Gasteiger partial charge in [0.15, 0.2) is 5.78 Å². The number of ketones is 1. The molecule has 0 amide bonds. The highest BCUT2D eigenvalue weighted by Crippen LogP contribution is 2.12. The third-order valence-corrected chi connectivity index (χ3v) is 1.90. The first-order valence-electron chi connectivity index (χ1n) is 4.33. The molecule has 14 heavy (non-hydrogen) atoms. The second-order valence-electron chi connectivity index (χ2n) is 3.04. The molecule has 5 nitrogen and oxygen atoms in total. The summed E-state index contributed by atoms with van der Waals surface area (Å²) in [4.78, 5) is 18.1. The lowest BCUT2D eigenvalue weighted by molar-refractivity contribution is -0.114. The minimum atomic E-state index is -0.0918. The quantitative estimate of drug-likeness (QED) is 0.369. The Bertz CT molecular complexity index is 329. The van der Waals surface area contributed by atoms with E-state index in [2.05, 4.69) is 15.4 Å². The number of carbonyl (C=O) groups is 1. The summed E-state index contributed by atoms with van der Waals surface area (Å²) in [6.45, 7) is 3.39. The summed E-state index contributed by atoms with van der Waals surface area (Å²) in [5, 5.41) is 0. The number of allylic oxidation sites excluding steroid dienone is 2. The van der Waals surface area contributed by atoms with Crippen LogP contribution in [0.1, 0.15) is 25.6 Å². The molecular formula is C9H14N4O. The fraction of sp³-hybridized carbons (Fsp3) is 0.333. The van der Waals surface area contributed by atoms with Crippen molar-refractivity contribution in [3.05, 3.63) is 30.0 Å². The molecule has 1 aromatic heterocycles. The topological polar surface area (TPSA) is 83.8 Å². The fourth-order valence-corrected chi connectivity index (χ4v) is 1.12. The van der Waals surface area contributed by atoms with Gasteiger partial charge in [0.05, 0.1) is 5.70 Å². The van der Waals surface area contributed by atoms with E-state index in [1.807, 2.05) is 6.92 Å². The van der Waals surface area contributed by atoms with E-state index >= 15 is 0 Å². The first-order chi connectivity index (χ1) is 6.65. The number of rotatable bonds is 4. The Morgan fingerprint density at radius 2 is 2.50 bits per heavy atom. The normalized spacial score (nSPS) is 13.8. The third-order valence-electron chi connectivity index (χ3n) is 1.90. The molecule has 1 atom stereocenters. The monoisotopic (exact) mass is 194 g/mol. The number of nitrogens with zero attached hydrogens (tertiary/aromatic N) is 1. The molecule has 0 aliphatic carbocycles. The summed E-state index contributed by atoms with van der Waals surface area (Å²) < 4.78 is 0. The van der Waals surface area contributed by atoms with Crippen molar-refractivity contribution in [3.63, 3.8) is 0 Å². The average Bonchev–Trinajstić information content (AvgIpc) is 2.65. The number of hydrogen-bond acceptors (Lipinski definition) is 4. The van der Waals surface area contributed by atoms with Gasteiger partial charge in [-0.25, -0.2) is 4.98 Å². The van der Waals surface area contributed by atoms with Crippen LogP contribution in [0.2, 0.25) is 0 Å². The number of H-pyrrole nitrogens is 1. The molecule has 1 rings (SSSR count). The highest BCUT2D eigenvalue weighted by atomic mass is 16.1. The van der Waals surface area contributed by atoms with Crippen LogP contribution in [0.5, 0.6) is 0 Å². The zero-order valence-corrected chi connectivity index (χ0v) is 8.24. The molecule has 0 spiro atoms. The predicted octanol–water partition coefficient (Wildman–Crippen LogP) is 0.449. The third kappa shape index (κ3) is 2.43. The van der Waals surface area contributed by atoms with Crippen LogP contribution in [0.3, 0.4) is 0 Å². The average molecular weight is 194 g/mol. The molecule has 0 radical (unpaired) electrons. The Hall–Kier alpha value is -1.62. The smallest absolute Gasteiger partial charge is 0.176 e. The van der Waals surface area contributed by atoms with Crippen LogP contribution in [-0.2, 0) is 4.79 Å². The van der Waals surface area contributed by atoms with Crippen molar-refractivity contribution in [1.29, 1.82) is 0 Å².